The third-order valence-electron chi connectivity index (χ3n) is 6.05. The fourth-order valence-corrected chi connectivity index (χ4v) is 5.38. The average molecular weight is 501 g/mol. The first-order chi connectivity index (χ1) is 17.3. The van der Waals surface area contributed by atoms with E-state index in [0.717, 1.165) is 5.56 Å². The zero-order valence-electron chi connectivity index (χ0n) is 20.2. The number of hydrogen-bond acceptors (Lipinski definition) is 5. The Balaban J connectivity index is 1.79. The highest BCUT2D eigenvalue weighted by molar-refractivity contribution is 7.86. The van der Waals surface area contributed by atoms with Crippen LogP contribution < -0.4 is 0 Å². The minimum Gasteiger partial charge on any atom is -0.453 e. The fourth-order valence-electron chi connectivity index (χ4n) is 4.17. The average Bonchev–Trinajstić information content (AvgIpc) is 2.92. The number of rotatable bonds is 9. The molecule has 0 saturated heterocycles. The lowest BCUT2D eigenvalue weighted by molar-refractivity contribution is -0.0550. The third-order valence-corrected chi connectivity index (χ3v) is 7.34. The molecule has 0 fully saturated rings. The van der Waals surface area contributed by atoms with Crippen molar-refractivity contribution in [2.24, 2.45) is 5.41 Å². The van der Waals surface area contributed by atoms with Crippen molar-refractivity contribution in [3.63, 3.8) is 0 Å². The molecule has 0 amide bonds. The number of carbonyl (C=O) groups excluding carboxylic acids is 1. The van der Waals surface area contributed by atoms with Crippen molar-refractivity contribution in [2.45, 2.75) is 31.0 Å². The van der Waals surface area contributed by atoms with E-state index in [9.17, 15) is 13.2 Å². The van der Waals surface area contributed by atoms with E-state index < -0.39 is 33.7 Å². The molecule has 6 heteroatoms. The Kier molecular flexibility index (Phi) is 7.67. The Labute approximate surface area is 212 Å². The van der Waals surface area contributed by atoms with Gasteiger partial charge in [0.1, 0.15) is 12.2 Å². The molecule has 0 aliphatic heterocycles. The van der Waals surface area contributed by atoms with Gasteiger partial charge in [-0.15, -0.1) is 0 Å². The lowest BCUT2D eigenvalue weighted by atomic mass is 9.75. The van der Waals surface area contributed by atoms with Crippen LogP contribution in [0.2, 0.25) is 0 Å². The molecule has 0 saturated carbocycles. The summed E-state index contributed by atoms with van der Waals surface area (Å²) in [7, 11) is -4.13. The van der Waals surface area contributed by atoms with Crippen LogP contribution in [0.5, 0.6) is 0 Å². The second-order valence-corrected chi connectivity index (χ2v) is 10.6. The molecule has 0 spiro atoms. The van der Waals surface area contributed by atoms with Gasteiger partial charge in [-0.1, -0.05) is 111 Å². The molecule has 5 nitrogen and oxygen atoms in total. The van der Waals surface area contributed by atoms with E-state index in [-0.39, 0.29) is 4.90 Å². The lowest BCUT2D eigenvalue weighted by Gasteiger charge is -2.40. The smallest absolute Gasteiger partial charge is 0.338 e. The van der Waals surface area contributed by atoms with E-state index in [1.165, 1.54) is 12.1 Å². The van der Waals surface area contributed by atoms with Gasteiger partial charge in [0, 0.05) is 5.41 Å². The van der Waals surface area contributed by atoms with Gasteiger partial charge in [-0.05, 0) is 35.4 Å². The molecule has 0 N–H and O–H groups in total. The van der Waals surface area contributed by atoms with Crippen LogP contribution in [0, 0.1) is 5.41 Å². The van der Waals surface area contributed by atoms with Crippen LogP contribution in [-0.2, 0) is 19.0 Å². The highest BCUT2D eigenvalue weighted by Gasteiger charge is 2.45. The summed E-state index contributed by atoms with van der Waals surface area (Å²) in [6.07, 6.45) is -1.78. The normalized spacial score (nSPS) is 13.5. The maximum atomic E-state index is 13.3. The van der Waals surface area contributed by atoms with E-state index in [4.69, 9.17) is 8.92 Å². The van der Waals surface area contributed by atoms with Gasteiger partial charge in [-0.25, -0.2) is 4.79 Å². The van der Waals surface area contributed by atoms with Gasteiger partial charge in [0.25, 0.3) is 10.1 Å². The minimum atomic E-state index is -4.13. The second kappa shape index (κ2) is 10.9. The van der Waals surface area contributed by atoms with E-state index in [2.05, 4.69) is 0 Å². The van der Waals surface area contributed by atoms with Crippen LogP contribution in [0.3, 0.4) is 0 Å². The first-order valence-corrected chi connectivity index (χ1v) is 13.0. The predicted octanol–water partition coefficient (Wildman–Crippen LogP) is 6.76. The molecule has 36 heavy (non-hydrogen) atoms. The zero-order chi connectivity index (χ0) is 25.6. The van der Waals surface area contributed by atoms with Gasteiger partial charge in [-0.2, -0.15) is 8.42 Å². The number of esters is 1. The Morgan fingerprint density at radius 2 is 1.06 bits per heavy atom. The molecule has 0 radical (unpaired) electrons. The van der Waals surface area contributed by atoms with E-state index in [1.807, 2.05) is 80.6 Å². The van der Waals surface area contributed by atoms with Crippen molar-refractivity contribution in [3.05, 3.63) is 138 Å². The molecule has 0 heterocycles. The molecule has 0 bridgehead atoms. The van der Waals surface area contributed by atoms with E-state index in [0.29, 0.717) is 11.1 Å². The molecular weight excluding hydrogens is 472 g/mol. The van der Waals surface area contributed by atoms with Crippen molar-refractivity contribution in [1.82, 2.24) is 0 Å². The van der Waals surface area contributed by atoms with Crippen molar-refractivity contribution < 1.29 is 22.1 Å². The SMILES string of the molecule is CC(C)(C(OC(=O)c1ccccc1)c1ccccc1)C(OS(=O)(=O)c1ccccc1)c1ccccc1. The number of benzene rings is 4. The summed E-state index contributed by atoms with van der Waals surface area (Å²) in [6, 6.07) is 35.2. The van der Waals surface area contributed by atoms with Gasteiger partial charge < -0.3 is 4.74 Å². The summed E-state index contributed by atoms with van der Waals surface area (Å²) in [5, 5.41) is 0. The van der Waals surface area contributed by atoms with Crippen LogP contribution in [-0.4, -0.2) is 14.4 Å². The zero-order valence-corrected chi connectivity index (χ0v) is 21.0. The standard InChI is InChI=1S/C30H28O5S/c1-30(2,27(23-15-7-3-8-16-23)34-29(31)25-19-11-5-12-20-25)28(24-17-9-4-10-18-24)35-36(32,33)26-21-13-6-14-22-26/h3-22,27-28H,1-2H3. The van der Waals surface area contributed by atoms with Gasteiger partial charge in [-0.3, -0.25) is 4.18 Å². The molecule has 2 unspecified atom stereocenters. The summed E-state index contributed by atoms with van der Waals surface area (Å²) >= 11 is 0. The molecule has 4 aromatic carbocycles. The highest BCUT2D eigenvalue weighted by Crippen LogP contribution is 2.49. The lowest BCUT2D eigenvalue weighted by Crippen LogP contribution is -2.35. The molecule has 2 atom stereocenters. The number of ether oxygens (including phenoxy) is 1. The van der Waals surface area contributed by atoms with Crippen molar-refractivity contribution in [3.8, 4) is 0 Å². The maximum absolute atomic E-state index is 13.3. The van der Waals surface area contributed by atoms with Gasteiger partial charge in [0.05, 0.1) is 10.5 Å². The topological polar surface area (TPSA) is 69.7 Å². The molecule has 0 aliphatic rings. The first kappa shape index (κ1) is 25.4. The molecule has 4 rings (SSSR count). The monoisotopic (exact) mass is 500 g/mol. The van der Waals surface area contributed by atoms with Crippen LogP contribution in [0.15, 0.2) is 126 Å². The molecule has 184 valence electrons. The largest absolute Gasteiger partial charge is 0.453 e. The number of carbonyl (C=O) groups is 1. The Bertz CT molecular complexity index is 1370. The van der Waals surface area contributed by atoms with E-state index >= 15 is 0 Å². The van der Waals surface area contributed by atoms with Crippen molar-refractivity contribution >= 4 is 16.1 Å². The van der Waals surface area contributed by atoms with Crippen LogP contribution in [0.4, 0.5) is 0 Å². The van der Waals surface area contributed by atoms with Gasteiger partial charge in [0.2, 0.25) is 0 Å². The minimum absolute atomic E-state index is 0.0549. The van der Waals surface area contributed by atoms with Crippen molar-refractivity contribution in [2.75, 3.05) is 0 Å². The third kappa shape index (κ3) is 5.73. The summed E-state index contributed by atoms with van der Waals surface area (Å²) in [4.78, 5) is 13.2. The Hall–Kier alpha value is -3.74. The van der Waals surface area contributed by atoms with Crippen LogP contribution in [0.25, 0.3) is 0 Å². The van der Waals surface area contributed by atoms with Crippen LogP contribution in [0.1, 0.15) is 47.5 Å². The van der Waals surface area contributed by atoms with E-state index in [1.54, 1.807) is 42.5 Å². The van der Waals surface area contributed by atoms with Crippen LogP contribution >= 0.6 is 0 Å². The second-order valence-electron chi connectivity index (χ2n) is 9.04. The maximum Gasteiger partial charge on any atom is 0.338 e. The summed E-state index contributed by atoms with van der Waals surface area (Å²) < 4.78 is 38.7. The fraction of sp³-hybridized carbons (Fsp3) is 0.167. The quantitative estimate of drug-likeness (QED) is 0.188. The number of hydrogen-bond donors (Lipinski definition) is 0. The van der Waals surface area contributed by atoms with Gasteiger partial charge in [0.15, 0.2) is 0 Å². The Morgan fingerprint density at radius 1 is 0.639 bits per heavy atom. The highest BCUT2D eigenvalue weighted by atomic mass is 32.2. The summed E-state index contributed by atoms with van der Waals surface area (Å²) in [6.45, 7) is 3.70. The predicted molar refractivity (Wildman–Crippen MR) is 139 cm³/mol. The summed E-state index contributed by atoms with van der Waals surface area (Å²) in [5.41, 5.74) is 0.782. The molecule has 0 aromatic heterocycles. The summed E-state index contributed by atoms with van der Waals surface area (Å²) in [5.74, 6) is -0.504. The Morgan fingerprint density at radius 3 is 1.56 bits per heavy atom. The molecule has 0 aliphatic carbocycles. The van der Waals surface area contributed by atoms with Gasteiger partial charge >= 0.3 is 5.97 Å². The molecule has 4 aromatic rings. The molecular formula is C30H28O5S. The first-order valence-electron chi connectivity index (χ1n) is 11.6. The van der Waals surface area contributed by atoms with Crippen molar-refractivity contribution in [1.29, 1.82) is 0 Å².